The predicted octanol–water partition coefficient (Wildman–Crippen LogP) is 2.96. The second-order valence-electron chi connectivity index (χ2n) is 5.51. The van der Waals surface area contributed by atoms with E-state index in [4.69, 9.17) is 14.7 Å². The van der Waals surface area contributed by atoms with Crippen molar-refractivity contribution in [1.29, 1.82) is 5.26 Å². The van der Waals surface area contributed by atoms with E-state index in [9.17, 15) is 4.79 Å². The Morgan fingerprint density at radius 3 is 2.57 bits per heavy atom. The van der Waals surface area contributed by atoms with Gasteiger partial charge in [-0.3, -0.25) is 4.79 Å². The van der Waals surface area contributed by atoms with Crippen molar-refractivity contribution < 1.29 is 14.3 Å². The molecule has 1 N–H and O–H groups in total. The van der Waals surface area contributed by atoms with Crippen molar-refractivity contribution in [2.75, 3.05) is 19.5 Å². The number of hydrogen-bond acceptors (Lipinski definition) is 4. The molecule has 1 aromatic carbocycles. The number of nitrogens with zero attached hydrogens (tertiary/aromatic N) is 1. The van der Waals surface area contributed by atoms with Crippen LogP contribution >= 0.6 is 0 Å². The van der Waals surface area contributed by atoms with Gasteiger partial charge >= 0.3 is 0 Å². The fourth-order valence-electron chi connectivity index (χ4n) is 2.18. The molecular weight excluding hydrogens is 268 g/mol. The van der Waals surface area contributed by atoms with Gasteiger partial charge in [0.25, 0.3) is 5.91 Å². The molecule has 5 nitrogen and oxygen atoms in total. The third-order valence-electron chi connectivity index (χ3n) is 3.31. The summed E-state index contributed by atoms with van der Waals surface area (Å²) in [6.07, 6.45) is 0.608. The summed E-state index contributed by atoms with van der Waals surface area (Å²) in [6, 6.07) is 6.97. The van der Waals surface area contributed by atoms with E-state index in [0.717, 1.165) is 0 Å². The first kappa shape index (κ1) is 17.0. The standard InChI is InChI=1S/C16H22N2O3/c1-11(2)9-16(3,21-5)15(19)18-13-6-7-14(20-4)12(8-13)10-17/h6-8,11H,9H2,1-5H3,(H,18,19). The monoisotopic (exact) mass is 290 g/mol. The molecule has 1 amide bonds. The smallest absolute Gasteiger partial charge is 0.256 e. The fraction of sp³-hybridized carbons (Fsp3) is 0.500. The highest BCUT2D eigenvalue weighted by Gasteiger charge is 2.33. The van der Waals surface area contributed by atoms with Crippen LogP contribution in [0.2, 0.25) is 0 Å². The lowest BCUT2D eigenvalue weighted by Crippen LogP contribution is -2.43. The van der Waals surface area contributed by atoms with E-state index in [1.54, 1.807) is 25.1 Å². The number of methoxy groups -OCH3 is 2. The maximum Gasteiger partial charge on any atom is 0.256 e. The van der Waals surface area contributed by atoms with Gasteiger partial charge in [0.2, 0.25) is 0 Å². The number of nitriles is 1. The van der Waals surface area contributed by atoms with Crippen LogP contribution in [0.1, 0.15) is 32.8 Å². The Morgan fingerprint density at radius 1 is 1.43 bits per heavy atom. The van der Waals surface area contributed by atoms with Gasteiger partial charge in [-0.15, -0.1) is 0 Å². The molecule has 1 rings (SSSR count). The van der Waals surface area contributed by atoms with Crippen LogP contribution in [0.15, 0.2) is 18.2 Å². The van der Waals surface area contributed by atoms with E-state index >= 15 is 0 Å². The SMILES string of the molecule is COc1ccc(NC(=O)C(C)(CC(C)C)OC)cc1C#N. The van der Waals surface area contributed by atoms with Crippen molar-refractivity contribution in [1.82, 2.24) is 0 Å². The van der Waals surface area contributed by atoms with E-state index in [-0.39, 0.29) is 5.91 Å². The van der Waals surface area contributed by atoms with Crippen LogP contribution in [0.3, 0.4) is 0 Å². The first-order valence-corrected chi connectivity index (χ1v) is 6.81. The van der Waals surface area contributed by atoms with Gasteiger partial charge in [0.1, 0.15) is 17.4 Å². The molecule has 5 heteroatoms. The Balaban J connectivity index is 2.95. The van der Waals surface area contributed by atoms with Crippen molar-refractivity contribution in [2.24, 2.45) is 5.92 Å². The first-order valence-electron chi connectivity index (χ1n) is 6.81. The predicted molar refractivity (Wildman–Crippen MR) is 81.2 cm³/mol. The van der Waals surface area contributed by atoms with Crippen LogP contribution in [0.4, 0.5) is 5.69 Å². The second-order valence-corrected chi connectivity index (χ2v) is 5.51. The van der Waals surface area contributed by atoms with Crippen molar-refractivity contribution in [3.63, 3.8) is 0 Å². The molecule has 114 valence electrons. The van der Waals surface area contributed by atoms with Crippen LogP contribution in [-0.2, 0) is 9.53 Å². The molecule has 0 aliphatic heterocycles. The average molecular weight is 290 g/mol. The van der Waals surface area contributed by atoms with Gasteiger partial charge in [0, 0.05) is 12.8 Å². The molecule has 0 aliphatic rings. The highest BCUT2D eigenvalue weighted by molar-refractivity contribution is 5.97. The average Bonchev–Trinajstić information content (AvgIpc) is 2.46. The minimum Gasteiger partial charge on any atom is -0.495 e. The summed E-state index contributed by atoms with van der Waals surface area (Å²) in [6.45, 7) is 5.83. The zero-order valence-corrected chi connectivity index (χ0v) is 13.2. The third-order valence-corrected chi connectivity index (χ3v) is 3.31. The molecule has 0 fully saturated rings. The lowest BCUT2D eigenvalue weighted by Gasteiger charge is -2.28. The minimum atomic E-state index is -0.902. The van der Waals surface area contributed by atoms with Crippen LogP contribution in [0, 0.1) is 17.2 Å². The van der Waals surface area contributed by atoms with E-state index < -0.39 is 5.60 Å². The minimum absolute atomic E-state index is 0.229. The van der Waals surface area contributed by atoms with Gasteiger partial charge in [-0.05, 0) is 37.5 Å². The Labute approximate surface area is 125 Å². The molecule has 0 aliphatic carbocycles. The molecule has 21 heavy (non-hydrogen) atoms. The Morgan fingerprint density at radius 2 is 2.10 bits per heavy atom. The van der Waals surface area contributed by atoms with Gasteiger partial charge < -0.3 is 14.8 Å². The molecule has 0 spiro atoms. The second kappa shape index (κ2) is 7.09. The lowest BCUT2D eigenvalue weighted by atomic mass is 9.93. The summed E-state index contributed by atoms with van der Waals surface area (Å²) >= 11 is 0. The van der Waals surface area contributed by atoms with E-state index in [0.29, 0.717) is 29.3 Å². The van der Waals surface area contributed by atoms with Gasteiger partial charge in [0.15, 0.2) is 0 Å². The van der Waals surface area contributed by atoms with Crippen molar-refractivity contribution >= 4 is 11.6 Å². The number of anilines is 1. The Kier molecular flexibility index (Phi) is 5.74. The molecule has 0 saturated heterocycles. The first-order chi connectivity index (χ1) is 9.86. The van der Waals surface area contributed by atoms with Crippen LogP contribution in [0.5, 0.6) is 5.75 Å². The molecule has 1 aromatic rings. The molecule has 1 atom stereocenters. The zero-order chi connectivity index (χ0) is 16.0. The summed E-state index contributed by atoms with van der Waals surface area (Å²) in [4.78, 5) is 12.4. The van der Waals surface area contributed by atoms with Crippen LogP contribution in [0.25, 0.3) is 0 Å². The highest BCUT2D eigenvalue weighted by Crippen LogP contribution is 2.25. The lowest BCUT2D eigenvalue weighted by molar-refractivity contribution is -0.137. The molecule has 0 heterocycles. The fourth-order valence-corrected chi connectivity index (χ4v) is 2.18. The topological polar surface area (TPSA) is 71.3 Å². The highest BCUT2D eigenvalue weighted by atomic mass is 16.5. The van der Waals surface area contributed by atoms with Gasteiger partial charge in [-0.1, -0.05) is 13.8 Å². The van der Waals surface area contributed by atoms with Crippen LogP contribution in [-0.4, -0.2) is 25.7 Å². The third kappa shape index (κ3) is 4.20. The maximum atomic E-state index is 12.4. The zero-order valence-electron chi connectivity index (χ0n) is 13.2. The largest absolute Gasteiger partial charge is 0.495 e. The molecule has 0 bridgehead atoms. The quantitative estimate of drug-likeness (QED) is 0.874. The van der Waals surface area contributed by atoms with Gasteiger partial charge in [0.05, 0.1) is 12.7 Å². The van der Waals surface area contributed by atoms with E-state index in [1.165, 1.54) is 14.2 Å². The summed E-state index contributed by atoms with van der Waals surface area (Å²) in [5.74, 6) is 0.575. The van der Waals surface area contributed by atoms with Gasteiger partial charge in [-0.2, -0.15) is 5.26 Å². The van der Waals surface area contributed by atoms with E-state index in [2.05, 4.69) is 5.32 Å². The van der Waals surface area contributed by atoms with Crippen molar-refractivity contribution in [2.45, 2.75) is 32.8 Å². The molecular formula is C16H22N2O3. The summed E-state index contributed by atoms with van der Waals surface area (Å²) in [5.41, 5.74) is 0.0172. The number of benzene rings is 1. The van der Waals surface area contributed by atoms with E-state index in [1.807, 2.05) is 19.9 Å². The molecule has 1 unspecified atom stereocenters. The Bertz CT molecular complexity index is 549. The molecule has 0 radical (unpaired) electrons. The molecule has 0 aromatic heterocycles. The van der Waals surface area contributed by atoms with Crippen molar-refractivity contribution in [3.05, 3.63) is 23.8 Å². The summed E-state index contributed by atoms with van der Waals surface area (Å²) in [7, 11) is 3.02. The number of ether oxygens (including phenoxy) is 2. The summed E-state index contributed by atoms with van der Waals surface area (Å²) in [5, 5.41) is 11.9. The van der Waals surface area contributed by atoms with Crippen LogP contribution < -0.4 is 10.1 Å². The number of rotatable bonds is 6. The molecule has 0 saturated carbocycles. The summed E-state index contributed by atoms with van der Waals surface area (Å²) < 4.78 is 10.5. The number of amides is 1. The van der Waals surface area contributed by atoms with Crippen molar-refractivity contribution in [3.8, 4) is 11.8 Å². The number of hydrogen-bond donors (Lipinski definition) is 1. The number of carbonyl (C=O) groups excluding carboxylic acids is 1. The normalized spacial score (nSPS) is 13.4. The Hall–Kier alpha value is -2.06. The number of nitrogens with one attached hydrogen (secondary N) is 1. The maximum absolute atomic E-state index is 12.4. The number of carbonyl (C=O) groups is 1. The van der Waals surface area contributed by atoms with Gasteiger partial charge in [-0.25, -0.2) is 0 Å².